The summed E-state index contributed by atoms with van der Waals surface area (Å²) in [6.07, 6.45) is 43.1. The van der Waals surface area contributed by atoms with E-state index >= 15 is 0 Å². The number of carbonyl (C=O) groups excluding carboxylic acids is 4. The van der Waals surface area contributed by atoms with E-state index < -0.39 is 97.5 Å². The minimum atomic E-state index is -4.95. The molecule has 0 saturated heterocycles. The van der Waals surface area contributed by atoms with Gasteiger partial charge in [0.25, 0.3) is 0 Å². The van der Waals surface area contributed by atoms with E-state index in [2.05, 4.69) is 48.5 Å². The second-order valence-corrected chi connectivity index (χ2v) is 29.0. The van der Waals surface area contributed by atoms with Gasteiger partial charge in [-0.3, -0.25) is 37.3 Å². The number of unbranched alkanes of at least 4 members (excludes halogenated alkanes) is 34. The van der Waals surface area contributed by atoms with Crippen molar-refractivity contribution in [1.82, 2.24) is 0 Å². The van der Waals surface area contributed by atoms with Crippen molar-refractivity contribution in [1.29, 1.82) is 0 Å². The van der Waals surface area contributed by atoms with Gasteiger partial charge in [0.05, 0.1) is 26.4 Å². The second kappa shape index (κ2) is 60.0. The number of rotatable bonds is 67. The normalized spacial score (nSPS) is 14.5. The molecule has 522 valence electrons. The summed E-state index contributed by atoms with van der Waals surface area (Å²) >= 11 is 0. The van der Waals surface area contributed by atoms with Crippen LogP contribution in [-0.4, -0.2) is 96.7 Å². The third kappa shape index (κ3) is 61.6. The second-order valence-electron chi connectivity index (χ2n) is 26.1. The fourth-order valence-corrected chi connectivity index (χ4v) is 11.9. The van der Waals surface area contributed by atoms with Crippen LogP contribution in [0.5, 0.6) is 0 Å². The van der Waals surface area contributed by atoms with E-state index in [-0.39, 0.29) is 25.7 Å². The maximum absolute atomic E-state index is 13.0. The van der Waals surface area contributed by atoms with E-state index in [1.807, 2.05) is 0 Å². The minimum Gasteiger partial charge on any atom is -0.462 e. The number of hydrogen-bond donors (Lipinski definition) is 3. The van der Waals surface area contributed by atoms with Crippen molar-refractivity contribution in [2.75, 3.05) is 39.6 Å². The van der Waals surface area contributed by atoms with Gasteiger partial charge in [0.15, 0.2) is 12.2 Å². The Morgan fingerprint density at radius 2 is 0.580 bits per heavy atom. The Kier molecular flexibility index (Phi) is 58.7. The van der Waals surface area contributed by atoms with Crippen molar-refractivity contribution in [2.24, 2.45) is 17.8 Å². The van der Waals surface area contributed by atoms with Crippen LogP contribution in [0.2, 0.25) is 0 Å². The zero-order valence-electron chi connectivity index (χ0n) is 57.2. The molecule has 6 atom stereocenters. The lowest BCUT2D eigenvalue weighted by Gasteiger charge is -2.21. The highest BCUT2D eigenvalue weighted by Crippen LogP contribution is 2.45. The number of carbonyl (C=O) groups is 4. The lowest BCUT2D eigenvalue weighted by molar-refractivity contribution is -0.161. The number of aliphatic hydroxyl groups excluding tert-OH is 1. The van der Waals surface area contributed by atoms with Crippen LogP contribution < -0.4 is 0 Å². The molecule has 0 aliphatic heterocycles. The van der Waals surface area contributed by atoms with Crippen molar-refractivity contribution in [2.45, 2.75) is 362 Å². The van der Waals surface area contributed by atoms with Crippen molar-refractivity contribution < 1.29 is 80.2 Å². The van der Waals surface area contributed by atoms with Gasteiger partial charge in [-0.2, -0.15) is 0 Å². The summed E-state index contributed by atoms with van der Waals surface area (Å²) < 4.78 is 68.2. The lowest BCUT2D eigenvalue weighted by Crippen LogP contribution is -2.30. The highest BCUT2D eigenvalue weighted by Gasteiger charge is 2.30. The molecule has 0 rings (SSSR count). The molecule has 3 N–H and O–H groups in total. The first kappa shape index (κ1) is 86.1. The monoisotopic (exact) mass is 1300 g/mol. The zero-order valence-corrected chi connectivity index (χ0v) is 59.0. The molecule has 0 radical (unpaired) electrons. The van der Waals surface area contributed by atoms with Gasteiger partial charge in [0.1, 0.15) is 19.3 Å². The van der Waals surface area contributed by atoms with Crippen LogP contribution in [0.15, 0.2) is 0 Å². The summed E-state index contributed by atoms with van der Waals surface area (Å²) in [7, 11) is -9.90. The van der Waals surface area contributed by atoms with Crippen LogP contribution in [0.4, 0.5) is 0 Å². The summed E-state index contributed by atoms with van der Waals surface area (Å²) in [5, 5.41) is 10.6. The van der Waals surface area contributed by atoms with Gasteiger partial charge in [-0.1, -0.05) is 292 Å². The molecule has 0 aromatic heterocycles. The molecular weight excluding hydrogens is 1160 g/mol. The average molecular weight is 1300 g/mol. The molecule has 0 heterocycles. The summed E-state index contributed by atoms with van der Waals surface area (Å²) in [6.45, 7) is 11.7. The van der Waals surface area contributed by atoms with E-state index in [9.17, 15) is 43.2 Å². The summed E-state index contributed by atoms with van der Waals surface area (Å²) in [4.78, 5) is 72.5. The van der Waals surface area contributed by atoms with Gasteiger partial charge in [0.2, 0.25) is 0 Å². The van der Waals surface area contributed by atoms with Gasteiger partial charge in [-0.15, -0.1) is 0 Å². The first-order valence-corrected chi connectivity index (χ1v) is 38.9. The van der Waals surface area contributed by atoms with Crippen LogP contribution >= 0.6 is 15.6 Å². The van der Waals surface area contributed by atoms with Crippen LogP contribution in [0.25, 0.3) is 0 Å². The fraction of sp³-hybridized carbons (Fsp3) is 0.942. The molecule has 0 bridgehead atoms. The Labute approximate surface area is 537 Å². The molecule has 88 heavy (non-hydrogen) atoms. The molecule has 0 spiro atoms. The summed E-state index contributed by atoms with van der Waals surface area (Å²) in [5.74, 6) is 0.0626. The molecular formula is C69H134O17P2. The Morgan fingerprint density at radius 1 is 0.330 bits per heavy atom. The van der Waals surface area contributed by atoms with Crippen molar-refractivity contribution in [3.63, 3.8) is 0 Å². The molecule has 0 aliphatic carbocycles. The van der Waals surface area contributed by atoms with E-state index in [0.717, 1.165) is 108 Å². The van der Waals surface area contributed by atoms with Crippen LogP contribution in [0.3, 0.4) is 0 Å². The predicted octanol–water partition coefficient (Wildman–Crippen LogP) is 19.5. The number of esters is 4. The Hall–Kier alpha value is -1.94. The van der Waals surface area contributed by atoms with E-state index in [1.54, 1.807) is 0 Å². The van der Waals surface area contributed by atoms with Crippen LogP contribution in [0.1, 0.15) is 344 Å². The number of aliphatic hydroxyl groups is 1. The number of phosphoric ester groups is 2. The van der Waals surface area contributed by atoms with E-state index in [4.69, 9.17) is 37.0 Å². The fourth-order valence-electron chi connectivity index (χ4n) is 10.3. The molecule has 0 aromatic carbocycles. The van der Waals surface area contributed by atoms with Crippen LogP contribution in [-0.2, 0) is 65.4 Å². The molecule has 19 heteroatoms. The largest absolute Gasteiger partial charge is 0.472 e. The highest BCUT2D eigenvalue weighted by atomic mass is 31.2. The van der Waals surface area contributed by atoms with Crippen LogP contribution in [0, 0.1) is 17.8 Å². The van der Waals surface area contributed by atoms with E-state index in [0.29, 0.717) is 31.6 Å². The first-order valence-electron chi connectivity index (χ1n) is 35.9. The molecule has 3 unspecified atom stereocenters. The molecule has 0 aliphatic rings. The maximum Gasteiger partial charge on any atom is 0.472 e. The number of phosphoric acid groups is 2. The van der Waals surface area contributed by atoms with E-state index in [1.165, 1.54) is 148 Å². The maximum atomic E-state index is 13.0. The smallest absolute Gasteiger partial charge is 0.462 e. The van der Waals surface area contributed by atoms with Gasteiger partial charge in [0, 0.05) is 25.7 Å². The standard InChI is InChI=1S/C69H134O17P2/c1-8-10-11-12-13-14-15-16-17-18-19-22-29-38-45-52-68(73)85-64(56-79-66(71)50-43-36-28-23-20-21-26-33-40-47-60(3)4)58-83-87(75,76)81-54-63(70)55-82-88(77,78)84-59-65(57-80-67(72)51-44-37-32-31-34-41-48-61(5)6)86-69(74)53-46-39-30-25-24-27-35-42-49-62(7)9-2/h60-65,70H,8-59H2,1-7H3,(H,75,76)(H,77,78)/t62?,63-,64-,65-/m1/s1. The number of hydrogen-bond acceptors (Lipinski definition) is 15. The summed E-state index contributed by atoms with van der Waals surface area (Å²) in [6, 6.07) is 0. The van der Waals surface area contributed by atoms with Gasteiger partial charge < -0.3 is 33.8 Å². The summed E-state index contributed by atoms with van der Waals surface area (Å²) in [5.41, 5.74) is 0. The molecule has 0 amide bonds. The molecule has 0 aromatic rings. The Morgan fingerprint density at radius 3 is 0.864 bits per heavy atom. The minimum absolute atomic E-state index is 0.104. The first-order chi connectivity index (χ1) is 42.3. The third-order valence-corrected chi connectivity index (χ3v) is 18.1. The van der Waals surface area contributed by atoms with Crippen molar-refractivity contribution in [3.8, 4) is 0 Å². The van der Waals surface area contributed by atoms with Gasteiger partial charge in [-0.25, -0.2) is 9.13 Å². The lowest BCUT2D eigenvalue weighted by atomic mass is 9.99. The third-order valence-electron chi connectivity index (χ3n) is 16.2. The SMILES string of the molecule is CCCCCCCCCCCCCCCCCC(=O)O[C@H](COC(=O)CCCCCCCCCCCC(C)C)COP(=O)(O)OC[C@@H](O)COP(=O)(O)OC[C@@H](COC(=O)CCCCCCCCC(C)C)OC(=O)CCCCCCCCCCC(C)CC. The quantitative estimate of drug-likeness (QED) is 0.0222. The highest BCUT2D eigenvalue weighted by molar-refractivity contribution is 7.47. The zero-order chi connectivity index (χ0) is 65.2. The average Bonchev–Trinajstić information content (AvgIpc) is 3.54. The van der Waals surface area contributed by atoms with Gasteiger partial charge in [-0.05, 0) is 43.4 Å². The Bertz CT molecular complexity index is 1730. The van der Waals surface area contributed by atoms with Crippen molar-refractivity contribution >= 4 is 39.5 Å². The predicted molar refractivity (Wildman–Crippen MR) is 354 cm³/mol. The topological polar surface area (TPSA) is 237 Å². The van der Waals surface area contributed by atoms with Crippen molar-refractivity contribution in [3.05, 3.63) is 0 Å². The number of ether oxygens (including phenoxy) is 4. The van der Waals surface area contributed by atoms with Gasteiger partial charge >= 0.3 is 39.5 Å². The molecule has 0 saturated carbocycles. The molecule has 0 fully saturated rings. The molecule has 17 nitrogen and oxygen atoms in total. The Balaban J connectivity index is 5.25.